The molecule has 0 fully saturated rings. The Morgan fingerprint density at radius 1 is 0.857 bits per heavy atom. The van der Waals surface area contributed by atoms with Gasteiger partial charge in [0.2, 0.25) is 0 Å². The Morgan fingerprint density at radius 3 is 2.40 bits per heavy atom. The van der Waals surface area contributed by atoms with E-state index >= 15 is 0 Å². The first-order valence-electron chi connectivity index (χ1n) is 11.4. The van der Waals surface area contributed by atoms with Gasteiger partial charge in [0.1, 0.15) is 5.82 Å². The molecule has 0 aliphatic heterocycles. The fourth-order valence-electron chi connectivity index (χ4n) is 3.82. The van der Waals surface area contributed by atoms with Crippen molar-refractivity contribution in [2.24, 2.45) is 0 Å². The molecule has 0 spiro atoms. The van der Waals surface area contributed by atoms with E-state index in [-0.39, 0.29) is 17.9 Å². The lowest BCUT2D eigenvalue weighted by molar-refractivity contribution is 0.252. The summed E-state index contributed by atoms with van der Waals surface area (Å²) in [5, 5.41) is 10.6. The van der Waals surface area contributed by atoms with E-state index in [1.165, 1.54) is 17.0 Å². The number of hydrogen-bond donors (Lipinski definition) is 3. The minimum absolute atomic E-state index is 0.320. The number of benzene rings is 4. The van der Waals surface area contributed by atoms with Crippen LogP contribution in [0, 0.1) is 12.7 Å². The van der Waals surface area contributed by atoms with E-state index in [0.717, 1.165) is 22.0 Å². The number of aryl methyl sites for hydroxylation is 1. The third kappa shape index (κ3) is 6.35. The second-order valence-electron chi connectivity index (χ2n) is 8.19. The van der Waals surface area contributed by atoms with E-state index in [9.17, 15) is 14.0 Å². The summed E-state index contributed by atoms with van der Waals surface area (Å²) >= 11 is 0. The second-order valence-corrected chi connectivity index (χ2v) is 8.19. The number of nitrogens with one attached hydrogen (secondary N) is 3. The zero-order valence-electron chi connectivity index (χ0n) is 19.4. The third-order valence-corrected chi connectivity index (χ3v) is 5.53. The summed E-state index contributed by atoms with van der Waals surface area (Å²) in [6.07, 6.45) is 0.502. The Kier molecular flexibility index (Phi) is 7.57. The fraction of sp³-hybridized carbons (Fsp3) is 0.143. The van der Waals surface area contributed by atoms with Crippen molar-refractivity contribution in [2.45, 2.75) is 13.3 Å². The van der Waals surface area contributed by atoms with E-state index in [1.54, 1.807) is 12.1 Å². The summed E-state index contributed by atoms with van der Waals surface area (Å²) in [6, 6.07) is 26.2. The van der Waals surface area contributed by atoms with Gasteiger partial charge < -0.3 is 16.0 Å². The van der Waals surface area contributed by atoms with Crippen molar-refractivity contribution < 1.29 is 14.0 Å². The summed E-state index contributed by atoms with van der Waals surface area (Å²) in [5.74, 6) is -0.375. The lowest BCUT2D eigenvalue weighted by atomic mass is 10.1. The van der Waals surface area contributed by atoms with E-state index in [0.29, 0.717) is 30.9 Å². The fourth-order valence-corrected chi connectivity index (χ4v) is 3.82. The minimum Gasteiger partial charge on any atom is -0.338 e. The maximum absolute atomic E-state index is 13.4. The molecule has 4 aromatic rings. The molecule has 35 heavy (non-hydrogen) atoms. The van der Waals surface area contributed by atoms with Crippen LogP contribution in [-0.4, -0.2) is 25.2 Å². The smallest absolute Gasteiger partial charge is 0.326 e. The summed E-state index contributed by atoms with van der Waals surface area (Å²) in [4.78, 5) is 27.0. The zero-order chi connectivity index (χ0) is 24.6. The lowest BCUT2D eigenvalue weighted by Gasteiger charge is -2.23. The highest BCUT2D eigenvalue weighted by Gasteiger charge is 2.16. The average Bonchev–Trinajstić information content (AvgIpc) is 2.85. The molecule has 0 aliphatic rings. The first-order valence-corrected chi connectivity index (χ1v) is 11.4. The van der Waals surface area contributed by atoms with Crippen LogP contribution in [0.2, 0.25) is 0 Å². The molecular formula is C28H27FN4O2. The van der Waals surface area contributed by atoms with Gasteiger partial charge in [-0.15, -0.1) is 0 Å². The van der Waals surface area contributed by atoms with Crippen LogP contribution in [0.3, 0.4) is 0 Å². The monoisotopic (exact) mass is 470 g/mol. The molecule has 0 unspecified atom stereocenters. The summed E-state index contributed by atoms with van der Waals surface area (Å²) in [6.45, 7) is 2.63. The summed E-state index contributed by atoms with van der Waals surface area (Å²) in [7, 11) is 0. The molecule has 3 N–H and O–H groups in total. The van der Waals surface area contributed by atoms with Gasteiger partial charge in [-0.2, -0.15) is 0 Å². The van der Waals surface area contributed by atoms with Gasteiger partial charge in [0, 0.05) is 29.9 Å². The number of fused-ring (bicyclic) bond motifs is 1. The minimum atomic E-state index is -0.375. The van der Waals surface area contributed by atoms with Crippen LogP contribution in [0.5, 0.6) is 0 Å². The largest absolute Gasteiger partial charge is 0.338 e. The molecule has 7 heteroatoms. The topological polar surface area (TPSA) is 73.5 Å². The van der Waals surface area contributed by atoms with E-state index < -0.39 is 0 Å². The Bertz CT molecular complexity index is 1320. The molecule has 0 radical (unpaired) electrons. The highest BCUT2D eigenvalue weighted by Crippen LogP contribution is 2.23. The van der Waals surface area contributed by atoms with Crippen LogP contribution in [0.1, 0.15) is 12.0 Å². The van der Waals surface area contributed by atoms with Gasteiger partial charge in [-0.1, -0.05) is 48.5 Å². The molecule has 4 rings (SSSR count). The highest BCUT2D eigenvalue weighted by atomic mass is 19.1. The predicted octanol–water partition coefficient (Wildman–Crippen LogP) is 6.54. The quantitative estimate of drug-likeness (QED) is 0.268. The molecule has 4 amide bonds. The lowest BCUT2D eigenvalue weighted by Crippen LogP contribution is -2.38. The molecule has 0 aliphatic carbocycles. The first kappa shape index (κ1) is 23.8. The zero-order valence-corrected chi connectivity index (χ0v) is 19.4. The Balaban J connectivity index is 1.36. The van der Waals surface area contributed by atoms with Crippen LogP contribution in [-0.2, 0) is 0 Å². The van der Waals surface area contributed by atoms with E-state index in [4.69, 9.17) is 0 Å². The van der Waals surface area contributed by atoms with Crippen molar-refractivity contribution in [1.29, 1.82) is 0 Å². The molecule has 0 bridgehead atoms. The summed E-state index contributed by atoms with van der Waals surface area (Å²) < 4.78 is 13.4. The van der Waals surface area contributed by atoms with Crippen LogP contribution >= 0.6 is 0 Å². The van der Waals surface area contributed by atoms with E-state index in [1.807, 2.05) is 73.7 Å². The Morgan fingerprint density at radius 2 is 1.60 bits per heavy atom. The van der Waals surface area contributed by atoms with Crippen molar-refractivity contribution in [3.05, 3.63) is 102 Å². The molecule has 0 atom stereocenters. The number of rotatable bonds is 7. The molecule has 6 nitrogen and oxygen atoms in total. The van der Waals surface area contributed by atoms with Crippen LogP contribution in [0.4, 0.5) is 31.0 Å². The average molecular weight is 471 g/mol. The van der Waals surface area contributed by atoms with Gasteiger partial charge in [0.25, 0.3) is 0 Å². The maximum Gasteiger partial charge on any atom is 0.326 e. The van der Waals surface area contributed by atoms with Crippen molar-refractivity contribution in [2.75, 3.05) is 28.6 Å². The van der Waals surface area contributed by atoms with Gasteiger partial charge in [-0.05, 0) is 66.8 Å². The molecule has 0 aromatic heterocycles. The normalized spacial score (nSPS) is 10.6. The van der Waals surface area contributed by atoms with Crippen molar-refractivity contribution in [3.8, 4) is 0 Å². The standard InChI is InChI=1S/C28H27FN4O2/c1-20-7-4-10-23(19-20)31-28(35)33(24-15-13-22(29)14-16-24)18-6-17-30-27(34)32-26-12-5-9-21-8-2-3-11-25(21)26/h2-5,7-16,19H,6,17-18H2,1H3,(H,31,35)(H2,30,32,34). The highest BCUT2D eigenvalue weighted by molar-refractivity contribution is 6.02. The van der Waals surface area contributed by atoms with Gasteiger partial charge in [-0.25, -0.2) is 14.0 Å². The molecule has 178 valence electrons. The van der Waals surface area contributed by atoms with Crippen LogP contribution in [0.25, 0.3) is 10.8 Å². The predicted molar refractivity (Wildman–Crippen MR) is 140 cm³/mol. The number of urea groups is 2. The Labute approximate surface area is 203 Å². The number of nitrogens with zero attached hydrogens (tertiary/aromatic N) is 1. The number of amides is 4. The van der Waals surface area contributed by atoms with Crippen LogP contribution in [0.15, 0.2) is 91.0 Å². The molecular weight excluding hydrogens is 443 g/mol. The van der Waals surface area contributed by atoms with E-state index in [2.05, 4.69) is 16.0 Å². The number of hydrogen-bond acceptors (Lipinski definition) is 2. The number of carbonyl (C=O) groups is 2. The number of carbonyl (C=O) groups excluding carboxylic acids is 2. The SMILES string of the molecule is Cc1cccc(NC(=O)N(CCCNC(=O)Nc2cccc3ccccc23)c2ccc(F)cc2)c1. The maximum atomic E-state index is 13.4. The molecule has 4 aromatic carbocycles. The summed E-state index contributed by atoms with van der Waals surface area (Å²) in [5.41, 5.74) is 3.00. The number of anilines is 3. The Hall–Kier alpha value is -4.39. The van der Waals surface area contributed by atoms with Crippen molar-refractivity contribution in [1.82, 2.24) is 5.32 Å². The van der Waals surface area contributed by atoms with Gasteiger partial charge in [-0.3, -0.25) is 4.90 Å². The molecule has 0 heterocycles. The number of halogens is 1. The van der Waals surface area contributed by atoms with Gasteiger partial charge in [0.15, 0.2) is 0 Å². The third-order valence-electron chi connectivity index (χ3n) is 5.53. The van der Waals surface area contributed by atoms with Gasteiger partial charge >= 0.3 is 12.1 Å². The molecule has 0 saturated heterocycles. The van der Waals surface area contributed by atoms with Crippen molar-refractivity contribution in [3.63, 3.8) is 0 Å². The molecule has 0 saturated carbocycles. The van der Waals surface area contributed by atoms with Crippen LogP contribution < -0.4 is 20.9 Å². The van der Waals surface area contributed by atoms with Crippen molar-refractivity contribution >= 4 is 39.9 Å². The second kappa shape index (κ2) is 11.2. The first-order chi connectivity index (χ1) is 17.0. The van der Waals surface area contributed by atoms with Gasteiger partial charge in [0.05, 0.1) is 5.69 Å².